The van der Waals surface area contributed by atoms with Crippen LogP contribution in [-0.2, 0) is 9.53 Å². The van der Waals surface area contributed by atoms with Crippen LogP contribution in [0.4, 0.5) is 5.69 Å². The Balaban J connectivity index is 1.48. The number of hydrogen-bond acceptors (Lipinski definition) is 7. The number of ether oxygens (including phenoxy) is 1. The van der Waals surface area contributed by atoms with Crippen molar-refractivity contribution < 1.29 is 24.0 Å². The highest BCUT2D eigenvalue weighted by molar-refractivity contribution is 7.12. The highest BCUT2D eigenvalue weighted by Gasteiger charge is 2.26. The number of rotatable bonds is 5. The molecule has 0 N–H and O–H groups in total. The summed E-state index contributed by atoms with van der Waals surface area (Å²) in [6.07, 6.45) is 0. The summed E-state index contributed by atoms with van der Waals surface area (Å²) in [6, 6.07) is 8.70. The van der Waals surface area contributed by atoms with Crippen LogP contribution >= 0.6 is 11.3 Å². The summed E-state index contributed by atoms with van der Waals surface area (Å²) in [5.41, 5.74) is -0.222. The maximum absolute atomic E-state index is 12.3. The molecule has 0 unspecified atom stereocenters. The zero-order chi connectivity index (χ0) is 20.1. The molecule has 1 aromatic carbocycles. The van der Waals surface area contributed by atoms with Gasteiger partial charge in [-0.3, -0.25) is 19.7 Å². The van der Waals surface area contributed by atoms with E-state index in [1.165, 1.54) is 34.4 Å². The predicted molar refractivity (Wildman–Crippen MR) is 100 cm³/mol. The molecule has 28 heavy (non-hydrogen) atoms. The van der Waals surface area contributed by atoms with Crippen LogP contribution in [-0.4, -0.2) is 65.3 Å². The van der Waals surface area contributed by atoms with Gasteiger partial charge >= 0.3 is 5.97 Å². The van der Waals surface area contributed by atoms with E-state index >= 15 is 0 Å². The standard InChI is InChI=1S/C18H17N3O6S/c22-16(12-27-18(24)13-3-1-4-14(11-13)21(25)26)19-6-8-20(9-7-19)17(23)15-5-2-10-28-15/h1-5,10-11H,6-9,12H2. The lowest BCUT2D eigenvalue weighted by atomic mass is 10.2. The van der Waals surface area contributed by atoms with Gasteiger partial charge in [-0.2, -0.15) is 0 Å². The molecule has 3 rings (SSSR count). The van der Waals surface area contributed by atoms with Gasteiger partial charge < -0.3 is 14.5 Å². The Morgan fingerprint density at radius 2 is 1.79 bits per heavy atom. The Hall–Kier alpha value is -3.27. The van der Waals surface area contributed by atoms with Crippen molar-refractivity contribution in [3.63, 3.8) is 0 Å². The fourth-order valence-electron chi connectivity index (χ4n) is 2.76. The number of nitro benzene ring substituents is 1. The first-order valence-corrected chi connectivity index (χ1v) is 9.36. The minimum Gasteiger partial charge on any atom is -0.452 e. The molecule has 2 amide bonds. The summed E-state index contributed by atoms with van der Waals surface area (Å²) in [7, 11) is 0. The lowest BCUT2D eigenvalue weighted by Crippen LogP contribution is -2.51. The number of thiophene rings is 1. The third kappa shape index (κ3) is 4.52. The van der Waals surface area contributed by atoms with Crippen LogP contribution in [0.1, 0.15) is 20.0 Å². The number of esters is 1. The molecule has 10 heteroatoms. The third-order valence-corrected chi connectivity index (χ3v) is 5.13. The average molecular weight is 403 g/mol. The van der Waals surface area contributed by atoms with Gasteiger partial charge in [0.25, 0.3) is 17.5 Å². The average Bonchev–Trinajstić information content (AvgIpc) is 3.26. The Morgan fingerprint density at radius 1 is 1.07 bits per heavy atom. The molecule has 1 aliphatic heterocycles. The largest absolute Gasteiger partial charge is 0.452 e. The van der Waals surface area contributed by atoms with Crippen LogP contribution in [0.5, 0.6) is 0 Å². The lowest BCUT2D eigenvalue weighted by molar-refractivity contribution is -0.384. The molecule has 1 aromatic heterocycles. The van der Waals surface area contributed by atoms with Crippen molar-refractivity contribution >= 4 is 34.8 Å². The van der Waals surface area contributed by atoms with Crippen molar-refractivity contribution in [1.29, 1.82) is 0 Å². The molecular formula is C18H17N3O6S. The lowest BCUT2D eigenvalue weighted by Gasteiger charge is -2.34. The second kappa shape index (κ2) is 8.61. The number of hydrogen-bond donors (Lipinski definition) is 0. The topological polar surface area (TPSA) is 110 Å². The molecule has 0 radical (unpaired) electrons. The van der Waals surface area contributed by atoms with E-state index in [1.54, 1.807) is 11.0 Å². The minimum atomic E-state index is -0.802. The van der Waals surface area contributed by atoms with E-state index in [9.17, 15) is 24.5 Å². The SMILES string of the molecule is O=C(OCC(=O)N1CCN(C(=O)c2cccs2)CC1)c1cccc([N+](=O)[O-])c1. The monoisotopic (exact) mass is 403 g/mol. The molecule has 1 fully saturated rings. The van der Waals surface area contributed by atoms with Gasteiger partial charge in [-0.05, 0) is 17.5 Å². The summed E-state index contributed by atoms with van der Waals surface area (Å²) >= 11 is 1.37. The maximum Gasteiger partial charge on any atom is 0.338 e. The Kier molecular flexibility index (Phi) is 5.99. The second-order valence-electron chi connectivity index (χ2n) is 6.03. The number of benzene rings is 1. The fraction of sp³-hybridized carbons (Fsp3) is 0.278. The van der Waals surface area contributed by atoms with E-state index in [-0.39, 0.29) is 23.1 Å². The van der Waals surface area contributed by atoms with E-state index in [4.69, 9.17) is 4.74 Å². The van der Waals surface area contributed by atoms with Crippen molar-refractivity contribution in [2.24, 2.45) is 0 Å². The number of nitro groups is 1. The fourth-order valence-corrected chi connectivity index (χ4v) is 3.45. The zero-order valence-corrected chi connectivity index (χ0v) is 15.6. The van der Waals surface area contributed by atoms with Crippen LogP contribution in [0.3, 0.4) is 0 Å². The van der Waals surface area contributed by atoms with Crippen LogP contribution in [0.2, 0.25) is 0 Å². The van der Waals surface area contributed by atoms with E-state index in [2.05, 4.69) is 0 Å². The Labute approximate surface area is 164 Å². The molecule has 0 aliphatic carbocycles. The van der Waals surface area contributed by atoms with Gasteiger partial charge in [0.05, 0.1) is 15.4 Å². The van der Waals surface area contributed by atoms with Gasteiger partial charge in [-0.25, -0.2) is 4.79 Å². The van der Waals surface area contributed by atoms with Crippen molar-refractivity contribution in [3.8, 4) is 0 Å². The Morgan fingerprint density at radius 3 is 2.43 bits per heavy atom. The van der Waals surface area contributed by atoms with Crippen molar-refractivity contribution in [3.05, 3.63) is 62.3 Å². The maximum atomic E-state index is 12.3. The summed E-state index contributed by atoms with van der Waals surface area (Å²) in [5.74, 6) is -1.23. The number of carbonyl (C=O) groups excluding carboxylic acids is 3. The van der Waals surface area contributed by atoms with E-state index < -0.39 is 17.5 Å². The van der Waals surface area contributed by atoms with Gasteiger partial charge in [0.2, 0.25) is 0 Å². The first-order valence-electron chi connectivity index (χ1n) is 8.48. The molecule has 146 valence electrons. The molecule has 0 spiro atoms. The van der Waals surface area contributed by atoms with Crippen molar-refractivity contribution in [2.45, 2.75) is 0 Å². The molecular weight excluding hydrogens is 386 g/mol. The summed E-state index contributed by atoms with van der Waals surface area (Å²) in [5, 5.41) is 12.6. The number of nitrogens with zero attached hydrogens (tertiary/aromatic N) is 3. The summed E-state index contributed by atoms with van der Waals surface area (Å²) in [4.78, 5) is 50.6. The molecule has 1 saturated heterocycles. The molecule has 2 heterocycles. The Bertz CT molecular complexity index is 890. The number of non-ortho nitro benzene ring substituents is 1. The zero-order valence-electron chi connectivity index (χ0n) is 14.8. The predicted octanol–water partition coefficient (Wildman–Crippen LogP) is 1.80. The third-order valence-electron chi connectivity index (χ3n) is 4.27. The van der Waals surface area contributed by atoms with E-state index in [1.807, 2.05) is 11.4 Å². The smallest absolute Gasteiger partial charge is 0.338 e. The normalized spacial score (nSPS) is 13.9. The highest BCUT2D eigenvalue weighted by atomic mass is 32.1. The van der Waals surface area contributed by atoms with Crippen molar-refractivity contribution in [2.75, 3.05) is 32.8 Å². The van der Waals surface area contributed by atoms with Crippen LogP contribution in [0.15, 0.2) is 41.8 Å². The first kappa shape index (κ1) is 19.5. The van der Waals surface area contributed by atoms with Crippen LogP contribution < -0.4 is 0 Å². The number of amides is 2. The number of piperazine rings is 1. The molecule has 0 atom stereocenters. The van der Waals surface area contributed by atoms with E-state index in [0.717, 1.165) is 6.07 Å². The van der Waals surface area contributed by atoms with Crippen molar-refractivity contribution in [1.82, 2.24) is 9.80 Å². The minimum absolute atomic E-state index is 0.00774. The van der Waals surface area contributed by atoms with Gasteiger partial charge in [0.1, 0.15) is 0 Å². The second-order valence-corrected chi connectivity index (χ2v) is 6.98. The van der Waals surface area contributed by atoms with Crippen LogP contribution in [0, 0.1) is 10.1 Å². The van der Waals surface area contributed by atoms with Crippen LogP contribution in [0.25, 0.3) is 0 Å². The first-order chi connectivity index (χ1) is 13.5. The van der Waals surface area contributed by atoms with Gasteiger partial charge in [-0.1, -0.05) is 12.1 Å². The quantitative estimate of drug-likeness (QED) is 0.428. The van der Waals surface area contributed by atoms with Gasteiger partial charge in [-0.15, -0.1) is 11.3 Å². The number of carbonyl (C=O) groups is 3. The molecule has 1 aliphatic rings. The van der Waals surface area contributed by atoms with Gasteiger partial charge in [0, 0.05) is 38.3 Å². The summed E-state index contributed by atoms with van der Waals surface area (Å²) in [6.45, 7) is 1.05. The summed E-state index contributed by atoms with van der Waals surface area (Å²) < 4.78 is 4.98. The molecule has 0 bridgehead atoms. The molecule has 0 saturated carbocycles. The molecule has 2 aromatic rings. The van der Waals surface area contributed by atoms with Gasteiger partial charge in [0.15, 0.2) is 6.61 Å². The highest BCUT2D eigenvalue weighted by Crippen LogP contribution is 2.15. The van der Waals surface area contributed by atoms with E-state index in [0.29, 0.717) is 31.1 Å². The molecule has 9 nitrogen and oxygen atoms in total.